The number of phenols is 2. The van der Waals surface area contributed by atoms with Crippen LogP contribution in [0.4, 0.5) is 11.4 Å². The third-order valence-corrected chi connectivity index (χ3v) is 4.05. The van der Waals surface area contributed by atoms with Gasteiger partial charge in [-0.2, -0.15) is 0 Å². The molecule has 0 atom stereocenters. The molecule has 0 saturated carbocycles. The first kappa shape index (κ1) is 13.6. The van der Waals surface area contributed by atoms with E-state index in [-0.39, 0.29) is 0 Å². The molecular weight excluding hydrogens is 264 g/mol. The summed E-state index contributed by atoms with van der Waals surface area (Å²) in [5, 5.41) is 19.2. The van der Waals surface area contributed by atoms with Crippen LogP contribution in [0.15, 0.2) is 42.5 Å². The van der Waals surface area contributed by atoms with E-state index >= 15 is 0 Å². The van der Waals surface area contributed by atoms with E-state index in [2.05, 4.69) is 15.9 Å². The Morgan fingerprint density at radius 3 is 1.86 bits per heavy atom. The predicted octanol–water partition coefficient (Wildman–Crippen LogP) is 2.73. The van der Waals surface area contributed by atoms with Crippen LogP contribution in [0, 0.1) is 6.92 Å². The summed E-state index contributed by atoms with van der Waals surface area (Å²) in [5.74, 6) is 0.654. The largest absolute Gasteiger partial charge is 0.508 e. The number of rotatable bonds is 2. The minimum Gasteiger partial charge on any atom is -0.508 e. The second-order valence-corrected chi connectivity index (χ2v) is 5.46. The average molecular weight is 284 g/mol. The summed E-state index contributed by atoms with van der Waals surface area (Å²) in [6.07, 6.45) is 0. The van der Waals surface area contributed by atoms with Crippen LogP contribution >= 0.6 is 0 Å². The Kier molecular flexibility index (Phi) is 3.60. The monoisotopic (exact) mass is 284 g/mol. The predicted molar refractivity (Wildman–Crippen MR) is 85.4 cm³/mol. The molecule has 21 heavy (non-hydrogen) atoms. The van der Waals surface area contributed by atoms with Crippen molar-refractivity contribution >= 4 is 11.4 Å². The average Bonchev–Trinajstić information content (AvgIpc) is 2.51. The SMILES string of the molecule is Cc1ccc(N2CCN(c3ccc(O)cc3)CC2)cc1O. The van der Waals surface area contributed by atoms with Crippen LogP contribution in [-0.4, -0.2) is 36.4 Å². The number of anilines is 2. The van der Waals surface area contributed by atoms with Crippen molar-refractivity contribution in [3.8, 4) is 11.5 Å². The van der Waals surface area contributed by atoms with E-state index < -0.39 is 0 Å². The maximum absolute atomic E-state index is 9.83. The highest BCUT2D eigenvalue weighted by Gasteiger charge is 2.18. The van der Waals surface area contributed by atoms with Crippen LogP contribution in [0.3, 0.4) is 0 Å². The van der Waals surface area contributed by atoms with Gasteiger partial charge in [-0.05, 0) is 42.8 Å². The molecule has 2 N–H and O–H groups in total. The number of hydrogen-bond acceptors (Lipinski definition) is 4. The summed E-state index contributed by atoms with van der Waals surface area (Å²) in [6.45, 7) is 5.60. The molecule has 2 aromatic carbocycles. The number of benzene rings is 2. The van der Waals surface area contributed by atoms with Crippen molar-refractivity contribution in [2.45, 2.75) is 6.92 Å². The first-order valence-electron chi connectivity index (χ1n) is 7.22. The van der Waals surface area contributed by atoms with Gasteiger partial charge in [-0.3, -0.25) is 0 Å². The van der Waals surface area contributed by atoms with Crippen LogP contribution < -0.4 is 9.80 Å². The zero-order valence-electron chi connectivity index (χ0n) is 12.2. The normalized spacial score (nSPS) is 15.3. The molecule has 0 radical (unpaired) electrons. The molecule has 1 fully saturated rings. The van der Waals surface area contributed by atoms with Gasteiger partial charge in [0, 0.05) is 43.6 Å². The van der Waals surface area contributed by atoms with E-state index in [4.69, 9.17) is 0 Å². The number of aromatic hydroxyl groups is 2. The van der Waals surface area contributed by atoms with Crippen molar-refractivity contribution in [3.05, 3.63) is 48.0 Å². The molecule has 4 nitrogen and oxygen atoms in total. The molecule has 0 spiro atoms. The van der Waals surface area contributed by atoms with Crippen molar-refractivity contribution in [1.29, 1.82) is 0 Å². The summed E-state index contributed by atoms with van der Waals surface area (Å²) in [4.78, 5) is 4.60. The van der Waals surface area contributed by atoms with Gasteiger partial charge in [0.1, 0.15) is 11.5 Å². The van der Waals surface area contributed by atoms with Gasteiger partial charge < -0.3 is 20.0 Å². The van der Waals surface area contributed by atoms with Gasteiger partial charge >= 0.3 is 0 Å². The highest BCUT2D eigenvalue weighted by Crippen LogP contribution is 2.26. The van der Waals surface area contributed by atoms with Gasteiger partial charge in [-0.1, -0.05) is 6.07 Å². The molecule has 0 aliphatic carbocycles. The summed E-state index contributed by atoms with van der Waals surface area (Å²) < 4.78 is 0. The van der Waals surface area contributed by atoms with E-state index in [0.29, 0.717) is 11.5 Å². The van der Waals surface area contributed by atoms with Gasteiger partial charge in [-0.15, -0.1) is 0 Å². The zero-order valence-corrected chi connectivity index (χ0v) is 12.2. The fourth-order valence-electron chi connectivity index (χ4n) is 2.68. The lowest BCUT2D eigenvalue weighted by Gasteiger charge is -2.37. The Labute approximate surface area is 124 Å². The molecule has 1 heterocycles. The van der Waals surface area contributed by atoms with Gasteiger partial charge in [0.05, 0.1) is 0 Å². The Bertz CT molecular complexity index is 617. The number of nitrogens with zero attached hydrogens (tertiary/aromatic N) is 2. The molecule has 1 aliphatic rings. The Morgan fingerprint density at radius 2 is 1.29 bits per heavy atom. The number of aryl methyl sites for hydroxylation is 1. The van der Waals surface area contributed by atoms with Gasteiger partial charge in [0.2, 0.25) is 0 Å². The topological polar surface area (TPSA) is 46.9 Å². The lowest BCUT2D eigenvalue weighted by molar-refractivity contribution is 0.471. The van der Waals surface area contributed by atoms with Crippen LogP contribution in [-0.2, 0) is 0 Å². The van der Waals surface area contributed by atoms with Crippen LogP contribution in [0.25, 0.3) is 0 Å². The first-order valence-corrected chi connectivity index (χ1v) is 7.22. The molecule has 0 amide bonds. The fraction of sp³-hybridized carbons (Fsp3) is 0.294. The minimum atomic E-state index is 0.299. The maximum atomic E-state index is 9.83. The van der Waals surface area contributed by atoms with Gasteiger partial charge in [-0.25, -0.2) is 0 Å². The third-order valence-electron chi connectivity index (χ3n) is 4.05. The summed E-state index contributed by atoms with van der Waals surface area (Å²) in [7, 11) is 0. The van der Waals surface area contributed by atoms with Gasteiger partial charge in [0.15, 0.2) is 0 Å². The van der Waals surface area contributed by atoms with E-state index in [0.717, 1.165) is 43.1 Å². The lowest BCUT2D eigenvalue weighted by Crippen LogP contribution is -2.46. The molecule has 0 unspecified atom stereocenters. The summed E-state index contributed by atoms with van der Waals surface area (Å²) in [5.41, 5.74) is 3.11. The van der Waals surface area contributed by atoms with E-state index in [1.807, 2.05) is 31.2 Å². The zero-order chi connectivity index (χ0) is 14.8. The van der Waals surface area contributed by atoms with Crippen molar-refractivity contribution in [2.24, 2.45) is 0 Å². The molecule has 3 rings (SSSR count). The molecule has 2 aromatic rings. The molecule has 0 bridgehead atoms. The number of hydrogen-bond donors (Lipinski definition) is 2. The molecule has 1 aliphatic heterocycles. The maximum Gasteiger partial charge on any atom is 0.120 e. The molecular formula is C17H20N2O2. The standard InChI is InChI=1S/C17H20N2O2/c1-13-2-3-15(12-17(13)21)19-10-8-18(9-11-19)14-4-6-16(20)7-5-14/h2-7,12,20-21H,8-11H2,1H3. The second-order valence-electron chi connectivity index (χ2n) is 5.46. The first-order chi connectivity index (χ1) is 10.1. The smallest absolute Gasteiger partial charge is 0.120 e. The van der Waals surface area contributed by atoms with Crippen molar-refractivity contribution < 1.29 is 10.2 Å². The quantitative estimate of drug-likeness (QED) is 0.890. The minimum absolute atomic E-state index is 0.299. The van der Waals surface area contributed by atoms with Crippen LogP contribution in [0.1, 0.15) is 5.56 Å². The lowest BCUT2D eigenvalue weighted by atomic mass is 10.1. The molecule has 4 heteroatoms. The van der Waals surface area contributed by atoms with E-state index in [9.17, 15) is 10.2 Å². The molecule has 0 aromatic heterocycles. The van der Waals surface area contributed by atoms with Crippen molar-refractivity contribution in [2.75, 3.05) is 36.0 Å². The van der Waals surface area contributed by atoms with Crippen LogP contribution in [0.5, 0.6) is 11.5 Å². The van der Waals surface area contributed by atoms with E-state index in [1.165, 1.54) is 0 Å². The second kappa shape index (κ2) is 5.56. The molecule has 110 valence electrons. The third kappa shape index (κ3) is 2.89. The summed E-state index contributed by atoms with van der Waals surface area (Å²) >= 11 is 0. The van der Waals surface area contributed by atoms with Crippen molar-refractivity contribution in [3.63, 3.8) is 0 Å². The Balaban J connectivity index is 1.67. The van der Waals surface area contributed by atoms with Crippen molar-refractivity contribution in [1.82, 2.24) is 0 Å². The fourth-order valence-corrected chi connectivity index (χ4v) is 2.68. The van der Waals surface area contributed by atoms with Crippen LogP contribution in [0.2, 0.25) is 0 Å². The Hall–Kier alpha value is -2.36. The van der Waals surface area contributed by atoms with Gasteiger partial charge in [0.25, 0.3) is 0 Å². The Morgan fingerprint density at radius 1 is 0.762 bits per heavy atom. The summed E-state index contributed by atoms with van der Waals surface area (Å²) in [6, 6.07) is 13.2. The highest BCUT2D eigenvalue weighted by molar-refractivity contribution is 5.55. The van der Waals surface area contributed by atoms with E-state index in [1.54, 1.807) is 12.1 Å². The number of piperazine rings is 1. The number of phenolic OH excluding ortho intramolecular Hbond substituents is 2. The molecule has 1 saturated heterocycles. The highest BCUT2D eigenvalue weighted by atomic mass is 16.3.